The first-order chi connectivity index (χ1) is 10.4. The topological polar surface area (TPSA) is 101 Å². The molecule has 2 aromatic rings. The number of nitrogens with one attached hydrogen (secondary N) is 2. The molecular formula is C15H15N3O3S. The SMILES string of the molecule is NC(=O)Nc1cccc(NS(=O)(=O)/C=C/c2ccccc2)c1. The van der Waals surface area contributed by atoms with Gasteiger partial charge in [-0.05, 0) is 29.8 Å². The number of urea groups is 1. The zero-order valence-electron chi connectivity index (χ0n) is 11.6. The zero-order chi connectivity index (χ0) is 16.0. The van der Waals surface area contributed by atoms with Crippen molar-refractivity contribution in [2.24, 2.45) is 5.73 Å². The van der Waals surface area contributed by atoms with Crippen LogP contribution in [0.25, 0.3) is 6.08 Å². The normalized spacial score (nSPS) is 11.3. The number of sulfonamides is 1. The van der Waals surface area contributed by atoms with Crippen molar-refractivity contribution in [3.05, 3.63) is 65.6 Å². The van der Waals surface area contributed by atoms with E-state index in [0.717, 1.165) is 11.0 Å². The highest BCUT2D eigenvalue weighted by atomic mass is 32.2. The Hall–Kier alpha value is -2.80. The van der Waals surface area contributed by atoms with E-state index >= 15 is 0 Å². The van der Waals surface area contributed by atoms with Crippen molar-refractivity contribution < 1.29 is 13.2 Å². The molecule has 0 fully saturated rings. The molecule has 7 heteroatoms. The number of anilines is 2. The summed E-state index contributed by atoms with van der Waals surface area (Å²) in [6.07, 6.45) is 1.49. The smallest absolute Gasteiger partial charge is 0.316 e. The minimum absolute atomic E-state index is 0.323. The van der Waals surface area contributed by atoms with Gasteiger partial charge in [-0.3, -0.25) is 4.72 Å². The first-order valence-corrected chi connectivity index (χ1v) is 7.92. The highest BCUT2D eigenvalue weighted by Crippen LogP contribution is 2.17. The van der Waals surface area contributed by atoms with Crippen molar-refractivity contribution in [1.29, 1.82) is 0 Å². The van der Waals surface area contributed by atoms with Gasteiger partial charge in [0.1, 0.15) is 0 Å². The van der Waals surface area contributed by atoms with Gasteiger partial charge in [0.25, 0.3) is 10.0 Å². The second-order valence-electron chi connectivity index (χ2n) is 4.43. The maximum atomic E-state index is 12.0. The summed E-state index contributed by atoms with van der Waals surface area (Å²) < 4.78 is 26.4. The van der Waals surface area contributed by atoms with Gasteiger partial charge in [-0.15, -0.1) is 0 Å². The van der Waals surface area contributed by atoms with Crippen LogP contribution in [0.1, 0.15) is 5.56 Å². The number of rotatable bonds is 5. The van der Waals surface area contributed by atoms with Crippen LogP contribution in [0.3, 0.4) is 0 Å². The van der Waals surface area contributed by atoms with Gasteiger partial charge in [0.15, 0.2) is 0 Å². The summed E-state index contributed by atoms with van der Waals surface area (Å²) in [5.74, 6) is 0. The van der Waals surface area contributed by atoms with Crippen molar-refractivity contribution in [1.82, 2.24) is 0 Å². The van der Waals surface area contributed by atoms with Crippen LogP contribution in [-0.2, 0) is 10.0 Å². The molecule has 0 unspecified atom stereocenters. The minimum atomic E-state index is -3.65. The lowest BCUT2D eigenvalue weighted by atomic mass is 10.2. The summed E-state index contributed by atoms with van der Waals surface area (Å²) >= 11 is 0. The van der Waals surface area contributed by atoms with E-state index in [2.05, 4.69) is 10.0 Å². The predicted molar refractivity (Wildman–Crippen MR) is 87.7 cm³/mol. The second kappa shape index (κ2) is 6.77. The monoisotopic (exact) mass is 317 g/mol. The molecule has 2 aromatic carbocycles. The molecule has 114 valence electrons. The van der Waals surface area contributed by atoms with E-state index < -0.39 is 16.1 Å². The van der Waals surface area contributed by atoms with E-state index in [1.54, 1.807) is 30.3 Å². The van der Waals surface area contributed by atoms with Crippen LogP contribution in [0.4, 0.5) is 16.2 Å². The van der Waals surface area contributed by atoms with Crippen LogP contribution in [0, 0.1) is 0 Å². The Kier molecular flexibility index (Phi) is 4.80. The molecule has 0 spiro atoms. The quantitative estimate of drug-likeness (QED) is 0.790. The largest absolute Gasteiger partial charge is 0.351 e. The third kappa shape index (κ3) is 4.95. The van der Waals surface area contributed by atoms with Crippen LogP contribution in [-0.4, -0.2) is 14.4 Å². The van der Waals surface area contributed by atoms with Crippen LogP contribution in [0.2, 0.25) is 0 Å². The van der Waals surface area contributed by atoms with E-state index in [0.29, 0.717) is 11.4 Å². The van der Waals surface area contributed by atoms with E-state index in [9.17, 15) is 13.2 Å². The van der Waals surface area contributed by atoms with Gasteiger partial charge in [0.2, 0.25) is 0 Å². The fourth-order valence-electron chi connectivity index (χ4n) is 1.73. The van der Waals surface area contributed by atoms with E-state index in [1.807, 2.05) is 18.2 Å². The molecule has 0 saturated heterocycles. The molecule has 0 aliphatic heterocycles. The first-order valence-electron chi connectivity index (χ1n) is 6.37. The van der Waals surface area contributed by atoms with Crippen LogP contribution in [0.15, 0.2) is 60.0 Å². The molecule has 0 saturated carbocycles. The molecule has 2 rings (SSSR count). The number of benzene rings is 2. The molecule has 2 amide bonds. The van der Waals surface area contributed by atoms with Gasteiger partial charge in [0, 0.05) is 5.69 Å². The summed E-state index contributed by atoms with van der Waals surface area (Å²) in [5.41, 5.74) is 6.51. The molecule has 0 heterocycles. The Morgan fingerprint density at radius 1 is 1.00 bits per heavy atom. The molecule has 0 radical (unpaired) electrons. The van der Waals surface area contributed by atoms with E-state index in [4.69, 9.17) is 5.73 Å². The van der Waals surface area contributed by atoms with E-state index in [-0.39, 0.29) is 0 Å². The lowest BCUT2D eigenvalue weighted by molar-refractivity contribution is 0.259. The van der Waals surface area contributed by atoms with Gasteiger partial charge >= 0.3 is 6.03 Å². The van der Waals surface area contributed by atoms with Gasteiger partial charge in [-0.2, -0.15) is 0 Å². The number of carbonyl (C=O) groups is 1. The van der Waals surface area contributed by atoms with Gasteiger partial charge in [-0.25, -0.2) is 13.2 Å². The number of carbonyl (C=O) groups excluding carboxylic acids is 1. The maximum Gasteiger partial charge on any atom is 0.316 e. The van der Waals surface area contributed by atoms with Crippen LogP contribution < -0.4 is 15.8 Å². The summed E-state index contributed by atoms with van der Waals surface area (Å²) in [7, 11) is -3.65. The Bertz CT molecular complexity index is 787. The standard InChI is InChI=1S/C15H15N3O3S/c16-15(19)17-13-7-4-8-14(11-13)18-22(20,21)10-9-12-5-2-1-3-6-12/h1-11,18H,(H3,16,17,19)/b10-9+. The maximum absolute atomic E-state index is 12.0. The number of primary amides is 1. The van der Waals surface area contributed by atoms with Gasteiger partial charge in [0.05, 0.1) is 11.1 Å². The Balaban J connectivity index is 2.12. The fraction of sp³-hybridized carbons (Fsp3) is 0. The average molecular weight is 317 g/mol. The molecule has 0 bridgehead atoms. The summed E-state index contributed by atoms with van der Waals surface area (Å²) in [6, 6.07) is 14.6. The van der Waals surface area contributed by atoms with E-state index in [1.165, 1.54) is 12.1 Å². The molecule has 0 aliphatic carbocycles. The van der Waals surface area contributed by atoms with Crippen molar-refractivity contribution in [2.75, 3.05) is 10.0 Å². The third-order valence-corrected chi connectivity index (χ3v) is 3.64. The van der Waals surface area contributed by atoms with Gasteiger partial charge < -0.3 is 11.1 Å². The lowest BCUT2D eigenvalue weighted by Gasteiger charge is -2.07. The predicted octanol–water partition coefficient (Wildman–Crippen LogP) is 2.59. The Morgan fingerprint density at radius 3 is 2.36 bits per heavy atom. The second-order valence-corrected chi connectivity index (χ2v) is 6.00. The number of amides is 2. The molecule has 0 aromatic heterocycles. The molecule has 6 nitrogen and oxygen atoms in total. The highest BCUT2D eigenvalue weighted by Gasteiger charge is 2.06. The number of hydrogen-bond donors (Lipinski definition) is 3. The molecule has 4 N–H and O–H groups in total. The summed E-state index contributed by atoms with van der Waals surface area (Å²) in [6.45, 7) is 0. The Labute approximate surface area is 128 Å². The Morgan fingerprint density at radius 2 is 1.68 bits per heavy atom. The van der Waals surface area contributed by atoms with Crippen molar-refractivity contribution in [2.45, 2.75) is 0 Å². The average Bonchev–Trinajstić information content (AvgIpc) is 2.45. The molecular weight excluding hydrogens is 302 g/mol. The van der Waals surface area contributed by atoms with Crippen molar-refractivity contribution >= 4 is 33.5 Å². The molecule has 22 heavy (non-hydrogen) atoms. The van der Waals surface area contributed by atoms with Crippen molar-refractivity contribution in [3.63, 3.8) is 0 Å². The zero-order valence-corrected chi connectivity index (χ0v) is 12.4. The minimum Gasteiger partial charge on any atom is -0.351 e. The first kappa shape index (κ1) is 15.6. The summed E-state index contributed by atoms with van der Waals surface area (Å²) in [4.78, 5) is 10.8. The third-order valence-electron chi connectivity index (χ3n) is 2.63. The highest BCUT2D eigenvalue weighted by molar-refractivity contribution is 7.95. The fourth-order valence-corrected chi connectivity index (χ4v) is 2.59. The molecule has 0 atom stereocenters. The number of nitrogens with two attached hydrogens (primary N) is 1. The van der Waals surface area contributed by atoms with Gasteiger partial charge in [-0.1, -0.05) is 36.4 Å². The number of hydrogen-bond acceptors (Lipinski definition) is 3. The van der Waals surface area contributed by atoms with Crippen LogP contribution >= 0.6 is 0 Å². The summed E-state index contributed by atoms with van der Waals surface area (Å²) in [5, 5.41) is 3.45. The molecule has 0 aliphatic rings. The lowest BCUT2D eigenvalue weighted by Crippen LogP contribution is -2.19. The van der Waals surface area contributed by atoms with Crippen LogP contribution in [0.5, 0.6) is 0 Å². The van der Waals surface area contributed by atoms with Crippen molar-refractivity contribution in [3.8, 4) is 0 Å².